The minimum Gasteiger partial charge on any atom is -0.319 e. The van der Waals surface area contributed by atoms with E-state index in [1.54, 1.807) is 35.3 Å². The van der Waals surface area contributed by atoms with Crippen LogP contribution in [0.3, 0.4) is 0 Å². The molecule has 0 aliphatic rings. The number of hydrogen-bond donors (Lipinski definition) is 1. The molecule has 1 heterocycles. The fraction of sp³-hybridized carbons (Fsp3) is 0.158. The predicted octanol–water partition coefficient (Wildman–Crippen LogP) is 5.11. The maximum absolute atomic E-state index is 12.5. The van der Waals surface area contributed by atoms with Crippen molar-refractivity contribution in [1.82, 2.24) is 9.78 Å². The van der Waals surface area contributed by atoms with Gasteiger partial charge in [-0.05, 0) is 37.6 Å². The highest BCUT2D eigenvalue weighted by Gasteiger charge is 2.12. The highest BCUT2D eigenvalue weighted by molar-refractivity contribution is 6.35. The van der Waals surface area contributed by atoms with Gasteiger partial charge in [0.2, 0.25) is 0 Å². The molecule has 0 unspecified atom stereocenters. The van der Waals surface area contributed by atoms with Crippen LogP contribution in [0.2, 0.25) is 10.0 Å². The zero-order chi connectivity index (χ0) is 18.0. The van der Waals surface area contributed by atoms with E-state index in [0.29, 0.717) is 27.8 Å². The van der Waals surface area contributed by atoms with Crippen LogP contribution >= 0.6 is 23.2 Å². The van der Waals surface area contributed by atoms with Gasteiger partial charge < -0.3 is 5.32 Å². The summed E-state index contributed by atoms with van der Waals surface area (Å²) in [6, 6.07) is 11.2. The van der Waals surface area contributed by atoms with Crippen molar-refractivity contribution in [3.8, 4) is 0 Å². The van der Waals surface area contributed by atoms with Crippen molar-refractivity contribution >= 4 is 34.8 Å². The molecular weight excluding hydrogens is 357 g/mol. The van der Waals surface area contributed by atoms with Gasteiger partial charge in [-0.25, -0.2) is 0 Å². The van der Waals surface area contributed by atoms with E-state index in [1.165, 1.54) is 0 Å². The lowest BCUT2D eigenvalue weighted by Crippen LogP contribution is -2.13. The number of benzene rings is 2. The molecule has 3 rings (SSSR count). The Morgan fingerprint density at radius 2 is 1.88 bits per heavy atom. The number of amides is 1. The molecule has 2 aromatic carbocycles. The molecule has 1 amide bonds. The van der Waals surface area contributed by atoms with Crippen molar-refractivity contribution in [3.05, 3.63) is 81.1 Å². The maximum Gasteiger partial charge on any atom is 0.256 e. The predicted molar refractivity (Wildman–Crippen MR) is 102 cm³/mol. The molecule has 0 aliphatic heterocycles. The molecule has 6 heteroatoms. The molecule has 0 saturated carbocycles. The highest BCUT2D eigenvalue weighted by atomic mass is 35.5. The number of anilines is 1. The quantitative estimate of drug-likeness (QED) is 0.690. The van der Waals surface area contributed by atoms with E-state index in [2.05, 4.69) is 10.4 Å². The number of carbonyl (C=O) groups excluding carboxylic acids is 1. The van der Waals surface area contributed by atoms with Crippen LogP contribution in [0, 0.1) is 13.8 Å². The van der Waals surface area contributed by atoms with Gasteiger partial charge in [-0.3, -0.25) is 9.48 Å². The fourth-order valence-corrected chi connectivity index (χ4v) is 3.06. The van der Waals surface area contributed by atoms with Crippen LogP contribution in [0.1, 0.15) is 27.0 Å². The van der Waals surface area contributed by atoms with Crippen molar-refractivity contribution in [2.75, 3.05) is 5.32 Å². The van der Waals surface area contributed by atoms with Crippen molar-refractivity contribution in [3.63, 3.8) is 0 Å². The fourth-order valence-electron chi connectivity index (χ4n) is 2.54. The lowest BCUT2D eigenvalue weighted by molar-refractivity contribution is 0.102. The monoisotopic (exact) mass is 373 g/mol. The highest BCUT2D eigenvalue weighted by Crippen LogP contribution is 2.25. The second kappa shape index (κ2) is 7.30. The first-order valence-corrected chi connectivity index (χ1v) is 8.53. The molecule has 0 fully saturated rings. The standard InChI is InChI=1S/C19H17Cl2N3O/c1-12-6-7-13(2)15(8-12)19(25)23-14-9-22-24(10-14)11-16-17(20)4-3-5-18(16)21/h3-10H,11H2,1-2H3,(H,23,25). The maximum atomic E-state index is 12.5. The SMILES string of the molecule is Cc1ccc(C)c(C(=O)Nc2cnn(Cc3c(Cl)cccc3Cl)c2)c1. The Morgan fingerprint density at radius 3 is 2.60 bits per heavy atom. The summed E-state index contributed by atoms with van der Waals surface area (Å²) in [6.07, 6.45) is 3.36. The first kappa shape index (κ1) is 17.5. The lowest BCUT2D eigenvalue weighted by Gasteiger charge is -2.08. The molecule has 0 spiro atoms. The third kappa shape index (κ3) is 4.03. The Balaban J connectivity index is 1.76. The molecule has 1 N–H and O–H groups in total. The molecule has 0 atom stereocenters. The average molecular weight is 374 g/mol. The number of carbonyl (C=O) groups is 1. The van der Waals surface area contributed by atoms with Gasteiger partial charge in [0.25, 0.3) is 5.91 Å². The summed E-state index contributed by atoms with van der Waals surface area (Å²) >= 11 is 12.4. The van der Waals surface area contributed by atoms with Gasteiger partial charge in [0.05, 0.1) is 18.4 Å². The van der Waals surface area contributed by atoms with Crippen LogP contribution < -0.4 is 5.32 Å². The first-order chi connectivity index (χ1) is 11.9. The second-order valence-electron chi connectivity index (χ2n) is 5.90. The summed E-state index contributed by atoms with van der Waals surface area (Å²) in [6.45, 7) is 4.30. The van der Waals surface area contributed by atoms with Crippen molar-refractivity contribution in [2.45, 2.75) is 20.4 Å². The van der Waals surface area contributed by atoms with E-state index < -0.39 is 0 Å². The number of nitrogens with one attached hydrogen (secondary N) is 1. The number of hydrogen-bond acceptors (Lipinski definition) is 2. The van der Waals surface area contributed by atoms with Crippen LogP contribution in [0.4, 0.5) is 5.69 Å². The topological polar surface area (TPSA) is 46.9 Å². The molecule has 0 bridgehead atoms. The lowest BCUT2D eigenvalue weighted by atomic mass is 10.1. The normalized spacial score (nSPS) is 10.7. The number of halogens is 2. The van der Waals surface area contributed by atoms with Crippen LogP contribution in [0.5, 0.6) is 0 Å². The molecule has 25 heavy (non-hydrogen) atoms. The van der Waals surface area contributed by atoms with E-state index in [9.17, 15) is 4.79 Å². The third-order valence-corrected chi connectivity index (χ3v) is 4.62. The van der Waals surface area contributed by atoms with Gasteiger partial charge in [0, 0.05) is 27.4 Å². The number of nitrogens with zero attached hydrogens (tertiary/aromatic N) is 2. The van der Waals surface area contributed by atoms with E-state index in [4.69, 9.17) is 23.2 Å². The van der Waals surface area contributed by atoms with Gasteiger partial charge in [-0.15, -0.1) is 0 Å². The van der Waals surface area contributed by atoms with Crippen LogP contribution in [-0.2, 0) is 6.54 Å². The Kier molecular flexibility index (Phi) is 5.11. The van der Waals surface area contributed by atoms with E-state index in [-0.39, 0.29) is 5.91 Å². The van der Waals surface area contributed by atoms with E-state index in [1.807, 2.05) is 32.0 Å². The Bertz CT molecular complexity index is 914. The Hall–Kier alpha value is -2.30. The van der Waals surface area contributed by atoms with Gasteiger partial charge in [0.15, 0.2) is 0 Å². The molecule has 0 saturated heterocycles. The van der Waals surface area contributed by atoms with Crippen LogP contribution in [0.15, 0.2) is 48.8 Å². The zero-order valence-corrected chi connectivity index (χ0v) is 15.4. The number of rotatable bonds is 4. The molecule has 3 aromatic rings. The summed E-state index contributed by atoms with van der Waals surface area (Å²) in [7, 11) is 0. The molecule has 128 valence electrons. The van der Waals surface area contributed by atoms with Crippen molar-refractivity contribution < 1.29 is 4.79 Å². The smallest absolute Gasteiger partial charge is 0.256 e. The second-order valence-corrected chi connectivity index (χ2v) is 6.71. The van der Waals surface area contributed by atoms with Gasteiger partial charge in [0.1, 0.15) is 0 Å². The first-order valence-electron chi connectivity index (χ1n) is 7.78. The van der Waals surface area contributed by atoms with Crippen LogP contribution in [0.25, 0.3) is 0 Å². The number of aromatic nitrogens is 2. The minimum atomic E-state index is -0.156. The summed E-state index contributed by atoms with van der Waals surface area (Å²) in [5, 5.41) is 8.31. The largest absolute Gasteiger partial charge is 0.319 e. The summed E-state index contributed by atoms with van der Waals surface area (Å²) < 4.78 is 1.69. The molecule has 0 radical (unpaired) electrons. The van der Waals surface area contributed by atoms with E-state index >= 15 is 0 Å². The Labute approximate surface area is 156 Å². The summed E-state index contributed by atoms with van der Waals surface area (Å²) in [5.41, 5.74) is 4.04. The van der Waals surface area contributed by atoms with Gasteiger partial charge in [-0.1, -0.05) is 47.0 Å². The Morgan fingerprint density at radius 1 is 1.16 bits per heavy atom. The summed E-state index contributed by atoms with van der Waals surface area (Å²) in [5.74, 6) is -0.156. The van der Waals surface area contributed by atoms with Gasteiger partial charge >= 0.3 is 0 Å². The minimum absolute atomic E-state index is 0.156. The molecular formula is C19H17Cl2N3O. The number of aryl methyl sites for hydroxylation is 2. The third-order valence-electron chi connectivity index (χ3n) is 3.91. The van der Waals surface area contributed by atoms with Crippen molar-refractivity contribution in [2.24, 2.45) is 0 Å². The average Bonchev–Trinajstić information content (AvgIpc) is 3.00. The van der Waals surface area contributed by atoms with Crippen molar-refractivity contribution in [1.29, 1.82) is 0 Å². The van der Waals surface area contributed by atoms with E-state index in [0.717, 1.165) is 16.7 Å². The zero-order valence-electron chi connectivity index (χ0n) is 13.9. The molecule has 0 aliphatic carbocycles. The summed E-state index contributed by atoms with van der Waals surface area (Å²) in [4.78, 5) is 12.5. The van der Waals surface area contributed by atoms with Gasteiger partial charge in [-0.2, -0.15) is 5.10 Å². The van der Waals surface area contributed by atoms with Crippen LogP contribution in [-0.4, -0.2) is 15.7 Å². The molecule has 4 nitrogen and oxygen atoms in total. The molecule has 1 aromatic heterocycles.